The smallest absolute Gasteiger partial charge is 0.271 e. The summed E-state index contributed by atoms with van der Waals surface area (Å²) >= 11 is 0. The van der Waals surface area contributed by atoms with Crippen molar-refractivity contribution in [1.82, 2.24) is 15.6 Å². The van der Waals surface area contributed by atoms with Crippen LogP contribution in [0.15, 0.2) is 34.9 Å². The Balaban J connectivity index is 1.79. The SMILES string of the molecule is Cc1onc(-c2ccccc2)c1C(=O)NN1CC[NH+](C)CC1. The quantitative estimate of drug-likeness (QED) is 0.846. The van der Waals surface area contributed by atoms with E-state index in [0.717, 1.165) is 31.7 Å². The molecule has 0 bridgehead atoms. The third-order valence-corrected chi connectivity index (χ3v) is 4.01. The summed E-state index contributed by atoms with van der Waals surface area (Å²) in [6, 6.07) is 9.62. The van der Waals surface area contributed by atoms with Crippen molar-refractivity contribution in [3.8, 4) is 11.3 Å². The van der Waals surface area contributed by atoms with E-state index in [1.807, 2.05) is 35.3 Å². The average Bonchev–Trinajstić information content (AvgIpc) is 2.92. The number of carbonyl (C=O) groups excluding carboxylic acids is 1. The first-order valence-electron chi connectivity index (χ1n) is 7.54. The highest BCUT2D eigenvalue weighted by molar-refractivity contribution is 6.00. The number of nitrogens with zero attached hydrogens (tertiary/aromatic N) is 2. The predicted molar refractivity (Wildman–Crippen MR) is 82.3 cm³/mol. The zero-order valence-corrected chi connectivity index (χ0v) is 12.9. The van der Waals surface area contributed by atoms with Gasteiger partial charge in [-0.1, -0.05) is 35.5 Å². The molecule has 0 atom stereocenters. The topological polar surface area (TPSA) is 62.8 Å². The molecule has 3 rings (SSSR count). The van der Waals surface area contributed by atoms with Gasteiger partial charge in [0.05, 0.1) is 33.2 Å². The van der Waals surface area contributed by atoms with Gasteiger partial charge in [0.15, 0.2) is 0 Å². The molecule has 116 valence electrons. The maximum absolute atomic E-state index is 12.6. The van der Waals surface area contributed by atoms with Crippen molar-refractivity contribution in [3.63, 3.8) is 0 Å². The lowest BCUT2D eigenvalue weighted by atomic mass is 10.1. The molecule has 0 unspecified atom stereocenters. The Kier molecular flexibility index (Phi) is 4.22. The normalized spacial score (nSPS) is 16.6. The van der Waals surface area contributed by atoms with Crippen molar-refractivity contribution in [3.05, 3.63) is 41.7 Å². The Morgan fingerprint density at radius 2 is 1.95 bits per heavy atom. The van der Waals surface area contributed by atoms with E-state index in [9.17, 15) is 4.79 Å². The van der Waals surface area contributed by atoms with Gasteiger partial charge in [0.1, 0.15) is 17.0 Å². The van der Waals surface area contributed by atoms with Gasteiger partial charge < -0.3 is 9.42 Å². The molecule has 0 radical (unpaired) electrons. The Morgan fingerprint density at radius 3 is 2.64 bits per heavy atom. The summed E-state index contributed by atoms with van der Waals surface area (Å²) < 4.78 is 5.24. The van der Waals surface area contributed by atoms with Crippen LogP contribution in [0.4, 0.5) is 0 Å². The molecule has 0 aliphatic carbocycles. The number of hydrogen-bond donors (Lipinski definition) is 2. The van der Waals surface area contributed by atoms with Crippen molar-refractivity contribution in [2.24, 2.45) is 0 Å². The van der Waals surface area contributed by atoms with Gasteiger partial charge in [0, 0.05) is 5.56 Å². The van der Waals surface area contributed by atoms with E-state index in [1.165, 1.54) is 4.90 Å². The summed E-state index contributed by atoms with van der Waals surface area (Å²) in [5.41, 5.74) is 4.96. The van der Waals surface area contributed by atoms with E-state index in [4.69, 9.17) is 4.52 Å². The monoisotopic (exact) mass is 301 g/mol. The van der Waals surface area contributed by atoms with Crippen LogP contribution in [0.25, 0.3) is 11.3 Å². The molecule has 6 heteroatoms. The second-order valence-electron chi connectivity index (χ2n) is 5.71. The number of likely N-dealkylation sites (N-methyl/N-ethyl adjacent to an activating group) is 1. The van der Waals surface area contributed by atoms with Gasteiger partial charge >= 0.3 is 0 Å². The number of nitrogens with one attached hydrogen (secondary N) is 2. The van der Waals surface area contributed by atoms with Crippen molar-refractivity contribution in [2.75, 3.05) is 33.2 Å². The fraction of sp³-hybridized carbons (Fsp3) is 0.375. The number of benzene rings is 1. The molecule has 0 saturated carbocycles. The summed E-state index contributed by atoms with van der Waals surface area (Å²) in [7, 11) is 2.16. The van der Waals surface area contributed by atoms with Gasteiger partial charge in [-0.25, -0.2) is 5.01 Å². The number of rotatable bonds is 3. The molecule has 1 aromatic carbocycles. The molecule has 1 aliphatic rings. The van der Waals surface area contributed by atoms with Crippen molar-refractivity contribution in [2.45, 2.75) is 6.92 Å². The lowest BCUT2D eigenvalue weighted by molar-refractivity contribution is -0.884. The Hall–Kier alpha value is -2.18. The number of quaternary nitrogens is 1. The van der Waals surface area contributed by atoms with Crippen LogP contribution >= 0.6 is 0 Å². The molecule has 6 nitrogen and oxygen atoms in total. The molecule has 0 spiro atoms. The first-order chi connectivity index (χ1) is 10.6. The molecule has 2 N–H and O–H groups in total. The highest BCUT2D eigenvalue weighted by atomic mass is 16.5. The van der Waals surface area contributed by atoms with E-state index >= 15 is 0 Å². The van der Waals surface area contributed by atoms with Crippen LogP contribution in [-0.2, 0) is 0 Å². The van der Waals surface area contributed by atoms with Crippen molar-refractivity contribution < 1.29 is 14.2 Å². The number of hydrazine groups is 1. The van der Waals surface area contributed by atoms with Crippen LogP contribution in [0.3, 0.4) is 0 Å². The van der Waals surface area contributed by atoms with Crippen LogP contribution in [-0.4, -0.2) is 49.3 Å². The standard InChI is InChI=1S/C16H20N4O2/c1-12-14(15(18-22-12)13-6-4-3-5-7-13)16(21)17-20-10-8-19(2)9-11-20/h3-7H,8-11H2,1-2H3,(H,17,21)/p+1. The van der Waals surface area contributed by atoms with Crippen LogP contribution in [0, 0.1) is 6.92 Å². The van der Waals surface area contributed by atoms with E-state index in [1.54, 1.807) is 6.92 Å². The third kappa shape index (κ3) is 3.03. The lowest BCUT2D eigenvalue weighted by Crippen LogP contribution is -3.12. The number of carbonyl (C=O) groups is 1. The molecule has 2 aromatic rings. The van der Waals surface area contributed by atoms with Gasteiger partial charge in [0.25, 0.3) is 5.91 Å². The van der Waals surface area contributed by atoms with Crippen LogP contribution in [0.1, 0.15) is 16.1 Å². The number of amides is 1. The Labute approximate surface area is 129 Å². The number of aryl methyl sites for hydroxylation is 1. The molecule has 2 heterocycles. The predicted octanol–water partition coefficient (Wildman–Crippen LogP) is 0.125. The highest BCUT2D eigenvalue weighted by Crippen LogP contribution is 2.24. The highest BCUT2D eigenvalue weighted by Gasteiger charge is 2.25. The van der Waals surface area contributed by atoms with E-state index in [0.29, 0.717) is 17.0 Å². The summed E-state index contributed by atoms with van der Waals surface area (Å²) in [4.78, 5) is 14.1. The first kappa shape index (κ1) is 14.7. The van der Waals surface area contributed by atoms with Gasteiger partial charge in [-0.2, -0.15) is 0 Å². The van der Waals surface area contributed by atoms with Gasteiger partial charge in [-0.15, -0.1) is 0 Å². The third-order valence-electron chi connectivity index (χ3n) is 4.01. The second-order valence-corrected chi connectivity index (χ2v) is 5.71. The van der Waals surface area contributed by atoms with Crippen LogP contribution < -0.4 is 10.3 Å². The maximum Gasteiger partial charge on any atom is 0.271 e. The Bertz CT molecular complexity index is 645. The lowest BCUT2D eigenvalue weighted by Gasteiger charge is -2.30. The summed E-state index contributed by atoms with van der Waals surface area (Å²) in [5.74, 6) is 0.383. The van der Waals surface area contributed by atoms with Crippen molar-refractivity contribution in [1.29, 1.82) is 0 Å². The maximum atomic E-state index is 12.6. The second kappa shape index (κ2) is 6.29. The molecule has 1 saturated heterocycles. The average molecular weight is 301 g/mol. The van der Waals surface area contributed by atoms with Gasteiger partial charge in [0.2, 0.25) is 0 Å². The number of piperazine rings is 1. The number of aromatic nitrogens is 1. The summed E-state index contributed by atoms with van der Waals surface area (Å²) in [5, 5.41) is 6.02. The largest absolute Gasteiger partial charge is 0.360 e. The minimum absolute atomic E-state index is 0.155. The molecule has 1 amide bonds. The van der Waals surface area contributed by atoms with E-state index < -0.39 is 0 Å². The fourth-order valence-electron chi connectivity index (χ4n) is 2.63. The molecule has 1 aromatic heterocycles. The van der Waals surface area contributed by atoms with E-state index in [2.05, 4.69) is 17.6 Å². The summed E-state index contributed by atoms with van der Waals surface area (Å²) in [6.07, 6.45) is 0. The molecular weight excluding hydrogens is 280 g/mol. The molecular formula is C16H21N4O2+. The summed E-state index contributed by atoms with van der Waals surface area (Å²) in [6.45, 7) is 5.51. The minimum atomic E-state index is -0.155. The fourth-order valence-corrected chi connectivity index (χ4v) is 2.63. The van der Waals surface area contributed by atoms with Crippen LogP contribution in [0.5, 0.6) is 0 Å². The first-order valence-corrected chi connectivity index (χ1v) is 7.54. The zero-order chi connectivity index (χ0) is 15.5. The number of hydrogen-bond acceptors (Lipinski definition) is 4. The zero-order valence-electron chi connectivity index (χ0n) is 12.9. The van der Waals surface area contributed by atoms with E-state index in [-0.39, 0.29) is 5.91 Å². The van der Waals surface area contributed by atoms with Gasteiger partial charge in [-0.3, -0.25) is 10.2 Å². The molecule has 22 heavy (non-hydrogen) atoms. The Morgan fingerprint density at radius 1 is 1.27 bits per heavy atom. The molecule has 1 fully saturated rings. The van der Waals surface area contributed by atoms with Crippen LogP contribution in [0.2, 0.25) is 0 Å². The minimum Gasteiger partial charge on any atom is -0.360 e. The molecule has 1 aliphatic heterocycles. The van der Waals surface area contributed by atoms with Gasteiger partial charge in [-0.05, 0) is 6.92 Å². The van der Waals surface area contributed by atoms with Crippen molar-refractivity contribution >= 4 is 5.91 Å².